The van der Waals surface area contributed by atoms with Crippen molar-refractivity contribution in [1.82, 2.24) is 29.8 Å². The Bertz CT molecular complexity index is 843. The number of piperazine rings is 2. The molecule has 9 nitrogen and oxygen atoms in total. The molecule has 5 rings (SSSR count). The SMILES string of the molecule is CC1CCCCN1C(=O)c1ccc(N2CCN(CC(=O)N3CCN(C4CCC4)CC3)CC2)nn1. The number of hydrogen-bond donors (Lipinski definition) is 0. The molecule has 4 heterocycles. The van der Waals surface area contributed by atoms with Gasteiger partial charge in [0.15, 0.2) is 11.5 Å². The smallest absolute Gasteiger partial charge is 0.274 e. The zero-order valence-corrected chi connectivity index (χ0v) is 20.6. The number of aromatic nitrogens is 2. The van der Waals surface area contributed by atoms with Gasteiger partial charge in [-0.3, -0.25) is 19.4 Å². The van der Waals surface area contributed by atoms with E-state index >= 15 is 0 Å². The Kier molecular flexibility index (Phi) is 7.29. The fourth-order valence-corrected chi connectivity index (χ4v) is 5.67. The van der Waals surface area contributed by atoms with E-state index in [1.807, 2.05) is 21.9 Å². The van der Waals surface area contributed by atoms with E-state index in [1.54, 1.807) is 0 Å². The number of amides is 2. The molecule has 2 amide bonds. The molecule has 34 heavy (non-hydrogen) atoms. The quantitative estimate of drug-likeness (QED) is 0.644. The van der Waals surface area contributed by atoms with E-state index in [0.29, 0.717) is 12.2 Å². The van der Waals surface area contributed by atoms with Crippen LogP contribution in [0.1, 0.15) is 55.9 Å². The molecule has 0 spiro atoms. The second-order valence-corrected chi connectivity index (χ2v) is 10.4. The summed E-state index contributed by atoms with van der Waals surface area (Å²) in [6.07, 6.45) is 7.33. The number of hydrogen-bond acceptors (Lipinski definition) is 7. The minimum absolute atomic E-state index is 0.0110. The predicted octanol–water partition coefficient (Wildman–Crippen LogP) is 1.31. The Hall–Kier alpha value is -2.26. The normalized spacial score (nSPS) is 25.3. The van der Waals surface area contributed by atoms with E-state index in [2.05, 4.69) is 31.8 Å². The van der Waals surface area contributed by atoms with Gasteiger partial charge in [0.05, 0.1) is 6.54 Å². The molecule has 3 saturated heterocycles. The van der Waals surface area contributed by atoms with Gasteiger partial charge in [-0.1, -0.05) is 6.42 Å². The van der Waals surface area contributed by atoms with Gasteiger partial charge in [0.2, 0.25) is 5.91 Å². The van der Waals surface area contributed by atoms with Crippen LogP contribution in [0.2, 0.25) is 0 Å². The third-order valence-electron chi connectivity index (χ3n) is 8.25. The number of rotatable bonds is 5. The van der Waals surface area contributed by atoms with Crippen molar-refractivity contribution in [3.63, 3.8) is 0 Å². The molecule has 1 atom stereocenters. The van der Waals surface area contributed by atoms with Crippen LogP contribution in [0, 0.1) is 0 Å². The molecule has 1 unspecified atom stereocenters. The standard InChI is InChI=1S/C25H39N7O2/c1-20-5-2-3-10-32(20)25(34)22-8-9-23(27-26-22)30-13-11-28(12-14-30)19-24(33)31-17-15-29(16-18-31)21-6-4-7-21/h8-9,20-21H,2-7,10-19H2,1H3. The second kappa shape index (κ2) is 10.6. The van der Waals surface area contributed by atoms with Crippen LogP contribution < -0.4 is 4.90 Å². The minimum atomic E-state index is -0.0110. The number of likely N-dealkylation sites (tertiary alicyclic amines) is 1. The highest BCUT2D eigenvalue weighted by atomic mass is 16.2. The Morgan fingerprint density at radius 1 is 0.853 bits per heavy atom. The summed E-state index contributed by atoms with van der Waals surface area (Å²) in [5.41, 5.74) is 0.430. The van der Waals surface area contributed by atoms with Gasteiger partial charge in [-0.2, -0.15) is 0 Å². The van der Waals surface area contributed by atoms with Gasteiger partial charge in [-0.05, 0) is 51.2 Å². The third-order valence-corrected chi connectivity index (χ3v) is 8.25. The molecule has 0 radical (unpaired) electrons. The molecule has 1 aromatic rings. The fraction of sp³-hybridized carbons (Fsp3) is 0.760. The topological polar surface area (TPSA) is 76.1 Å². The largest absolute Gasteiger partial charge is 0.353 e. The lowest BCUT2D eigenvalue weighted by Gasteiger charge is -2.43. The van der Waals surface area contributed by atoms with Gasteiger partial charge < -0.3 is 14.7 Å². The molecule has 1 aromatic heterocycles. The average molecular weight is 470 g/mol. The van der Waals surface area contributed by atoms with Crippen molar-refractivity contribution in [2.45, 2.75) is 57.5 Å². The van der Waals surface area contributed by atoms with Crippen LogP contribution in [-0.2, 0) is 4.79 Å². The number of piperidine rings is 1. The minimum Gasteiger partial charge on any atom is -0.353 e. The summed E-state index contributed by atoms with van der Waals surface area (Å²) < 4.78 is 0. The Labute approximate surface area is 203 Å². The molecule has 186 valence electrons. The maximum absolute atomic E-state index is 12.8. The zero-order valence-electron chi connectivity index (χ0n) is 20.6. The maximum Gasteiger partial charge on any atom is 0.274 e. The lowest BCUT2D eigenvalue weighted by atomic mass is 9.91. The van der Waals surface area contributed by atoms with Gasteiger partial charge >= 0.3 is 0 Å². The van der Waals surface area contributed by atoms with Gasteiger partial charge in [0.1, 0.15) is 0 Å². The van der Waals surface area contributed by atoms with Crippen LogP contribution >= 0.6 is 0 Å². The third kappa shape index (κ3) is 5.20. The lowest BCUT2D eigenvalue weighted by molar-refractivity contribution is -0.134. The van der Waals surface area contributed by atoms with Gasteiger partial charge in [-0.15, -0.1) is 10.2 Å². The van der Waals surface area contributed by atoms with Crippen LogP contribution in [-0.4, -0.2) is 119 Å². The first kappa shape index (κ1) is 23.5. The molecule has 1 aliphatic carbocycles. The van der Waals surface area contributed by atoms with E-state index in [-0.39, 0.29) is 17.9 Å². The summed E-state index contributed by atoms with van der Waals surface area (Å²) in [4.78, 5) is 36.6. The highest BCUT2D eigenvalue weighted by Gasteiger charge is 2.30. The first-order valence-corrected chi connectivity index (χ1v) is 13.2. The summed E-state index contributed by atoms with van der Waals surface area (Å²) >= 11 is 0. The van der Waals surface area contributed by atoms with Crippen molar-refractivity contribution in [2.75, 3.05) is 70.3 Å². The molecule has 9 heteroatoms. The number of nitrogens with zero attached hydrogens (tertiary/aromatic N) is 7. The number of carbonyl (C=O) groups excluding carboxylic acids is 2. The van der Waals surface area contributed by atoms with Crippen LogP contribution in [0.3, 0.4) is 0 Å². The van der Waals surface area contributed by atoms with Crippen molar-refractivity contribution in [1.29, 1.82) is 0 Å². The van der Waals surface area contributed by atoms with Gasteiger partial charge in [0.25, 0.3) is 5.91 Å². The average Bonchev–Trinajstić information content (AvgIpc) is 2.84. The Morgan fingerprint density at radius 3 is 2.24 bits per heavy atom. The van der Waals surface area contributed by atoms with Crippen molar-refractivity contribution in [3.8, 4) is 0 Å². The lowest BCUT2D eigenvalue weighted by Crippen LogP contribution is -2.56. The maximum atomic E-state index is 12.8. The summed E-state index contributed by atoms with van der Waals surface area (Å²) in [6.45, 7) is 10.5. The van der Waals surface area contributed by atoms with Crippen LogP contribution in [0.15, 0.2) is 12.1 Å². The molecule has 1 saturated carbocycles. The van der Waals surface area contributed by atoms with Crippen LogP contribution in [0.25, 0.3) is 0 Å². The molecule has 0 N–H and O–H groups in total. The Balaban J connectivity index is 1.06. The summed E-state index contributed by atoms with van der Waals surface area (Å²) in [5, 5.41) is 8.63. The van der Waals surface area contributed by atoms with E-state index in [0.717, 1.165) is 83.6 Å². The first-order valence-electron chi connectivity index (χ1n) is 13.2. The van der Waals surface area contributed by atoms with Crippen molar-refractivity contribution in [3.05, 3.63) is 17.8 Å². The van der Waals surface area contributed by atoms with Crippen molar-refractivity contribution in [2.24, 2.45) is 0 Å². The molecule has 0 aromatic carbocycles. The monoisotopic (exact) mass is 469 g/mol. The van der Waals surface area contributed by atoms with Crippen molar-refractivity contribution < 1.29 is 9.59 Å². The molecule has 4 fully saturated rings. The molecule has 4 aliphatic rings. The number of anilines is 1. The zero-order chi connectivity index (χ0) is 23.5. The summed E-state index contributed by atoms with van der Waals surface area (Å²) in [6, 6.07) is 4.77. The highest BCUT2D eigenvalue weighted by molar-refractivity contribution is 5.92. The second-order valence-electron chi connectivity index (χ2n) is 10.4. The predicted molar refractivity (Wildman–Crippen MR) is 131 cm³/mol. The summed E-state index contributed by atoms with van der Waals surface area (Å²) in [5.74, 6) is 1.06. The first-order chi connectivity index (χ1) is 16.6. The van der Waals surface area contributed by atoms with Gasteiger partial charge in [-0.25, -0.2) is 0 Å². The van der Waals surface area contributed by atoms with E-state index in [1.165, 1.54) is 25.7 Å². The van der Waals surface area contributed by atoms with Crippen LogP contribution in [0.5, 0.6) is 0 Å². The Morgan fingerprint density at radius 2 is 1.62 bits per heavy atom. The number of carbonyl (C=O) groups is 2. The molecule has 3 aliphatic heterocycles. The van der Waals surface area contributed by atoms with E-state index < -0.39 is 0 Å². The van der Waals surface area contributed by atoms with Crippen LogP contribution in [0.4, 0.5) is 5.82 Å². The van der Waals surface area contributed by atoms with Gasteiger partial charge in [0, 0.05) is 71.0 Å². The van der Waals surface area contributed by atoms with Crippen molar-refractivity contribution >= 4 is 17.6 Å². The summed E-state index contributed by atoms with van der Waals surface area (Å²) in [7, 11) is 0. The van der Waals surface area contributed by atoms with E-state index in [4.69, 9.17) is 0 Å². The fourth-order valence-electron chi connectivity index (χ4n) is 5.67. The molecular weight excluding hydrogens is 430 g/mol. The molecule has 0 bridgehead atoms. The van der Waals surface area contributed by atoms with E-state index in [9.17, 15) is 9.59 Å². The molecular formula is C25H39N7O2. The highest BCUT2D eigenvalue weighted by Crippen LogP contribution is 2.25.